The lowest BCUT2D eigenvalue weighted by molar-refractivity contribution is 0.405. The average Bonchev–Trinajstić information content (AvgIpc) is 2.16. The summed E-state index contributed by atoms with van der Waals surface area (Å²) in [7, 11) is 1.62. The molecule has 0 aromatic heterocycles. The number of halogens is 1. The van der Waals surface area contributed by atoms with Gasteiger partial charge in [-0.15, -0.1) is 0 Å². The number of methoxy groups -OCH3 is 1. The Balaban J connectivity index is 3.14. The molecule has 4 heteroatoms. The molecule has 0 spiro atoms. The third-order valence-corrected chi connectivity index (χ3v) is 2.55. The Kier molecular flexibility index (Phi) is 3.71. The van der Waals surface area contributed by atoms with Crippen molar-refractivity contribution < 1.29 is 4.74 Å². The van der Waals surface area contributed by atoms with Crippen molar-refractivity contribution in [2.24, 2.45) is 11.5 Å². The summed E-state index contributed by atoms with van der Waals surface area (Å²) < 4.78 is 6.12. The molecule has 0 heterocycles. The maximum atomic E-state index is 5.84. The minimum Gasteiger partial charge on any atom is -0.496 e. The molecule has 0 aliphatic rings. The van der Waals surface area contributed by atoms with E-state index in [9.17, 15) is 0 Å². The zero-order valence-corrected chi connectivity index (χ0v) is 9.04. The van der Waals surface area contributed by atoms with Gasteiger partial charge >= 0.3 is 0 Å². The van der Waals surface area contributed by atoms with Crippen LogP contribution < -0.4 is 16.2 Å². The lowest BCUT2D eigenvalue weighted by Gasteiger charge is -2.15. The van der Waals surface area contributed by atoms with Gasteiger partial charge in [-0.05, 0) is 12.1 Å². The highest BCUT2D eigenvalue weighted by atomic mass is 79.9. The van der Waals surface area contributed by atoms with Crippen molar-refractivity contribution in [3.63, 3.8) is 0 Å². The maximum absolute atomic E-state index is 5.84. The first-order chi connectivity index (χ1) is 6.20. The topological polar surface area (TPSA) is 61.3 Å². The van der Waals surface area contributed by atoms with Crippen LogP contribution in [0.1, 0.15) is 11.6 Å². The summed E-state index contributed by atoms with van der Waals surface area (Å²) in [5.74, 6) is 0.771. The van der Waals surface area contributed by atoms with Crippen molar-refractivity contribution in [2.75, 3.05) is 13.7 Å². The van der Waals surface area contributed by atoms with Crippen LogP contribution in [-0.4, -0.2) is 13.7 Å². The van der Waals surface area contributed by atoms with Gasteiger partial charge in [0, 0.05) is 22.6 Å². The molecule has 0 radical (unpaired) electrons. The Hall–Kier alpha value is -0.580. The highest BCUT2D eigenvalue weighted by Crippen LogP contribution is 2.30. The molecule has 1 aromatic carbocycles. The van der Waals surface area contributed by atoms with Gasteiger partial charge in [0.15, 0.2) is 0 Å². The Morgan fingerprint density at radius 1 is 1.54 bits per heavy atom. The predicted octanol–water partition coefficient (Wildman–Crippen LogP) is 1.42. The molecule has 1 aromatic rings. The maximum Gasteiger partial charge on any atom is 0.124 e. The van der Waals surface area contributed by atoms with E-state index in [1.807, 2.05) is 18.2 Å². The van der Waals surface area contributed by atoms with Crippen LogP contribution in [-0.2, 0) is 0 Å². The van der Waals surface area contributed by atoms with E-state index in [0.717, 1.165) is 15.8 Å². The molecule has 4 N–H and O–H groups in total. The van der Waals surface area contributed by atoms with E-state index in [0.29, 0.717) is 6.54 Å². The standard InChI is InChI=1S/C9H13BrN2O/c1-13-8-4-2-3-6(10)9(8)7(12)5-11/h2-4,7H,5,11-12H2,1H3. The highest BCUT2D eigenvalue weighted by molar-refractivity contribution is 9.10. The van der Waals surface area contributed by atoms with E-state index < -0.39 is 0 Å². The quantitative estimate of drug-likeness (QED) is 0.846. The van der Waals surface area contributed by atoms with E-state index in [-0.39, 0.29) is 6.04 Å². The molecule has 0 amide bonds. The number of ether oxygens (including phenoxy) is 1. The molecule has 0 saturated carbocycles. The van der Waals surface area contributed by atoms with Gasteiger partial charge in [0.25, 0.3) is 0 Å². The summed E-state index contributed by atoms with van der Waals surface area (Å²) in [5.41, 5.74) is 12.3. The van der Waals surface area contributed by atoms with Gasteiger partial charge in [-0.2, -0.15) is 0 Å². The molecule has 3 nitrogen and oxygen atoms in total. The molecular formula is C9H13BrN2O. The van der Waals surface area contributed by atoms with Gasteiger partial charge in [0.2, 0.25) is 0 Å². The number of hydrogen-bond donors (Lipinski definition) is 2. The van der Waals surface area contributed by atoms with Crippen LogP contribution >= 0.6 is 15.9 Å². The molecule has 0 fully saturated rings. The molecule has 1 unspecified atom stereocenters. The number of hydrogen-bond acceptors (Lipinski definition) is 3. The fourth-order valence-electron chi connectivity index (χ4n) is 1.17. The molecule has 0 aliphatic carbocycles. The Morgan fingerprint density at radius 3 is 2.77 bits per heavy atom. The normalized spacial score (nSPS) is 12.6. The van der Waals surface area contributed by atoms with Crippen LogP contribution in [0.5, 0.6) is 5.75 Å². The van der Waals surface area contributed by atoms with Crippen molar-refractivity contribution >= 4 is 15.9 Å². The molecule has 13 heavy (non-hydrogen) atoms. The van der Waals surface area contributed by atoms with Gasteiger partial charge in [0.1, 0.15) is 5.75 Å². The third kappa shape index (κ3) is 2.21. The van der Waals surface area contributed by atoms with Gasteiger partial charge in [-0.25, -0.2) is 0 Å². The first kappa shape index (κ1) is 10.5. The Bertz CT molecular complexity index is 291. The smallest absolute Gasteiger partial charge is 0.124 e. The lowest BCUT2D eigenvalue weighted by Crippen LogP contribution is -2.21. The SMILES string of the molecule is COc1cccc(Br)c1C(N)CN. The predicted molar refractivity (Wildman–Crippen MR) is 56.7 cm³/mol. The molecule has 1 atom stereocenters. The van der Waals surface area contributed by atoms with E-state index in [1.54, 1.807) is 7.11 Å². The van der Waals surface area contributed by atoms with E-state index in [2.05, 4.69) is 15.9 Å². The molecule has 1 rings (SSSR count). The first-order valence-electron chi connectivity index (χ1n) is 3.98. The van der Waals surface area contributed by atoms with Gasteiger partial charge in [-0.1, -0.05) is 22.0 Å². The summed E-state index contributed by atoms with van der Waals surface area (Å²) in [6.45, 7) is 0.402. The summed E-state index contributed by atoms with van der Waals surface area (Å²) in [5, 5.41) is 0. The third-order valence-electron chi connectivity index (χ3n) is 1.86. The molecular weight excluding hydrogens is 232 g/mol. The van der Waals surface area contributed by atoms with Crippen molar-refractivity contribution in [3.8, 4) is 5.75 Å². The second-order valence-corrected chi connectivity index (χ2v) is 3.55. The van der Waals surface area contributed by atoms with Crippen molar-refractivity contribution in [2.45, 2.75) is 6.04 Å². The van der Waals surface area contributed by atoms with Gasteiger partial charge in [0.05, 0.1) is 7.11 Å². The number of rotatable bonds is 3. The molecule has 0 bridgehead atoms. The first-order valence-corrected chi connectivity index (χ1v) is 4.78. The summed E-state index contributed by atoms with van der Waals surface area (Å²) in [6, 6.07) is 5.50. The zero-order chi connectivity index (χ0) is 9.84. The van der Waals surface area contributed by atoms with Gasteiger partial charge in [-0.3, -0.25) is 0 Å². The van der Waals surface area contributed by atoms with E-state index in [1.165, 1.54) is 0 Å². The largest absolute Gasteiger partial charge is 0.496 e. The molecule has 0 saturated heterocycles. The minimum absolute atomic E-state index is 0.189. The highest BCUT2D eigenvalue weighted by Gasteiger charge is 2.13. The van der Waals surface area contributed by atoms with Crippen LogP contribution in [0.2, 0.25) is 0 Å². The van der Waals surface area contributed by atoms with Crippen LogP contribution in [0.3, 0.4) is 0 Å². The van der Waals surface area contributed by atoms with E-state index >= 15 is 0 Å². The van der Waals surface area contributed by atoms with Crippen molar-refractivity contribution in [3.05, 3.63) is 28.2 Å². The van der Waals surface area contributed by atoms with Crippen molar-refractivity contribution in [1.82, 2.24) is 0 Å². The lowest BCUT2D eigenvalue weighted by atomic mass is 10.1. The molecule has 0 aliphatic heterocycles. The second-order valence-electron chi connectivity index (χ2n) is 2.70. The summed E-state index contributed by atoms with van der Waals surface area (Å²) in [4.78, 5) is 0. The minimum atomic E-state index is -0.189. The monoisotopic (exact) mass is 244 g/mol. The Labute approximate surface area is 86.2 Å². The summed E-state index contributed by atoms with van der Waals surface area (Å²) >= 11 is 3.41. The average molecular weight is 245 g/mol. The number of benzene rings is 1. The zero-order valence-electron chi connectivity index (χ0n) is 7.46. The van der Waals surface area contributed by atoms with Crippen molar-refractivity contribution in [1.29, 1.82) is 0 Å². The van der Waals surface area contributed by atoms with E-state index in [4.69, 9.17) is 16.2 Å². The second kappa shape index (κ2) is 4.60. The van der Waals surface area contributed by atoms with Crippen LogP contribution in [0.15, 0.2) is 22.7 Å². The van der Waals surface area contributed by atoms with Crippen LogP contribution in [0.25, 0.3) is 0 Å². The van der Waals surface area contributed by atoms with Crippen LogP contribution in [0, 0.1) is 0 Å². The summed E-state index contributed by atoms with van der Waals surface area (Å²) in [6.07, 6.45) is 0. The fourth-order valence-corrected chi connectivity index (χ4v) is 1.81. The molecule has 72 valence electrons. The van der Waals surface area contributed by atoms with Crippen LogP contribution in [0.4, 0.5) is 0 Å². The van der Waals surface area contributed by atoms with Gasteiger partial charge < -0.3 is 16.2 Å². The Morgan fingerprint density at radius 2 is 2.23 bits per heavy atom. The fraction of sp³-hybridized carbons (Fsp3) is 0.333. The number of nitrogens with two attached hydrogens (primary N) is 2.